The standard InChI is InChI=1S/C17H20ClNO2/c1-10(2)14-8-16(11(3)7-15(14)18)21-17-6-5-13(9-19-17)12(4)20/h5-10,12,20H,1-4H3/t12-/m0/s1. The van der Waals surface area contributed by atoms with Crippen molar-refractivity contribution in [1.29, 1.82) is 0 Å². The molecule has 0 amide bonds. The lowest BCUT2D eigenvalue weighted by atomic mass is 10.0. The van der Waals surface area contributed by atoms with Crippen molar-refractivity contribution < 1.29 is 9.84 Å². The molecular formula is C17H20ClNO2. The molecule has 21 heavy (non-hydrogen) atoms. The van der Waals surface area contributed by atoms with Gasteiger partial charge in [0.15, 0.2) is 0 Å². The Morgan fingerprint density at radius 2 is 1.90 bits per heavy atom. The molecule has 1 aromatic heterocycles. The summed E-state index contributed by atoms with van der Waals surface area (Å²) in [6, 6.07) is 7.44. The maximum Gasteiger partial charge on any atom is 0.219 e. The topological polar surface area (TPSA) is 42.4 Å². The summed E-state index contributed by atoms with van der Waals surface area (Å²) in [6.07, 6.45) is 1.09. The number of rotatable bonds is 4. The predicted octanol–water partition coefficient (Wildman–Crippen LogP) is 5.01. The molecule has 0 aliphatic carbocycles. The van der Waals surface area contributed by atoms with Crippen molar-refractivity contribution in [3.05, 3.63) is 52.2 Å². The van der Waals surface area contributed by atoms with Crippen LogP contribution in [-0.2, 0) is 0 Å². The van der Waals surface area contributed by atoms with Crippen LogP contribution in [0.3, 0.4) is 0 Å². The van der Waals surface area contributed by atoms with Crippen LogP contribution in [0.1, 0.15) is 49.5 Å². The van der Waals surface area contributed by atoms with Gasteiger partial charge in [0.05, 0.1) is 6.10 Å². The zero-order valence-electron chi connectivity index (χ0n) is 12.7. The highest BCUT2D eigenvalue weighted by molar-refractivity contribution is 6.31. The van der Waals surface area contributed by atoms with E-state index in [4.69, 9.17) is 16.3 Å². The molecule has 0 aliphatic heterocycles. The van der Waals surface area contributed by atoms with Crippen LogP contribution in [0.2, 0.25) is 5.02 Å². The van der Waals surface area contributed by atoms with Gasteiger partial charge in [0.2, 0.25) is 5.88 Å². The van der Waals surface area contributed by atoms with Gasteiger partial charge in [-0.15, -0.1) is 0 Å². The van der Waals surface area contributed by atoms with Gasteiger partial charge in [0.25, 0.3) is 0 Å². The van der Waals surface area contributed by atoms with Crippen LogP contribution < -0.4 is 4.74 Å². The third-order valence-corrected chi connectivity index (χ3v) is 3.70. The smallest absolute Gasteiger partial charge is 0.219 e. The molecule has 2 rings (SSSR count). The van der Waals surface area contributed by atoms with Crippen molar-refractivity contribution in [3.8, 4) is 11.6 Å². The van der Waals surface area contributed by atoms with Gasteiger partial charge in [-0.2, -0.15) is 0 Å². The van der Waals surface area contributed by atoms with Gasteiger partial charge in [0.1, 0.15) is 5.75 Å². The minimum Gasteiger partial charge on any atom is -0.439 e. The molecule has 4 heteroatoms. The van der Waals surface area contributed by atoms with Gasteiger partial charge < -0.3 is 9.84 Å². The lowest BCUT2D eigenvalue weighted by Crippen LogP contribution is -1.97. The van der Waals surface area contributed by atoms with Crippen molar-refractivity contribution in [2.45, 2.75) is 39.7 Å². The number of pyridine rings is 1. The Labute approximate surface area is 130 Å². The highest BCUT2D eigenvalue weighted by atomic mass is 35.5. The normalized spacial score (nSPS) is 12.5. The summed E-state index contributed by atoms with van der Waals surface area (Å²) in [6.45, 7) is 7.84. The second-order valence-corrected chi connectivity index (χ2v) is 5.91. The van der Waals surface area contributed by atoms with Crippen molar-refractivity contribution >= 4 is 11.6 Å². The zero-order valence-corrected chi connectivity index (χ0v) is 13.5. The van der Waals surface area contributed by atoms with E-state index in [-0.39, 0.29) is 0 Å². The van der Waals surface area contributed by atoms with E-state index in [1.54, 1.807) is 19.2 Å². The molecule has 0 unspecified atom stereocenters. The van der Waals surface area contributed by atoms with Crippen molar-refractivity contribution in [3.63, 3.8) is 0 Å². The fraction of sp³-hybridized carbons (Fsp3) is 0.353. The second-order valence-electron chi connectivity index (χ2n) is 5.50. The lowest BCUT2D eigenvalue weighted by Gasteiger charge is -2.14. The minimum atomic E-state index is -0.531. The number of aliphatic hydroxyl groups excluding tert-OH is 1. The van der Waals surface area contributed by atoms with Crippen molar-refractivity contribution in [2.75, 3.05) is 0 Å². The Morgan fingerprint density at radius 1 is 1.19 bits per heavy atom. The number of aromatic nitrogens is 1. The SMILES string of the molecule is Cc1cc(Cl)c(C(C)C)cc1Oc1ccc([C@H](C)O)cn1. The molecule has 1 aromatic carbocycles. The Morgan fingerprint density at radius 3 is 2.43 bits per heavy atom. The van der Waals surface area contributed by atoms with E-state index >= 15 is 0 Å². The molecular weight excluding hydrogens is 286 g/mol. The average molecular weight is 306 g/mol. The third-order valence-electron chi connectivity index (χ3n) is 3.37. The second kappa shape index (κ2) is 6.46. The van der Waals surface area contributed by atoms with Gasteiger partial charge >= 0.3 is 0 Å². The number of aliphatic hydroxyl groups is 1. The monoisotopic (exact) mass is 305 g/mol. The summed E-state index contributed by atoms with van der Waals surface area (Å²) in [5.74, 6) is 1.57. The quantitative estimate of drug-likeness (QED) is 0.863. The summed E-state index contributed by atoms with van der Waals surface area (Å²) >= 11 is 6.26. The molecule has 1 heterocycles. The number of ether oxygens (including phenoxy) is 1. The van der Waals surface area contributed by atoms with Crippen molar-refractivity contribution in [2.24, 2.45) is 0 Å². The molecule has 0 spiro atoms. The first-order valence-corrected chi connectivity index (χ1v) is 7.38. The van der Waals surface area contributed by atoms with Crippen LogP contribution in [0.15, 0.2) is 30.5 Å². The molecule has 0 saturated heterocycles. The Kier molecular flexibility index (Phi) is 4.86. The van der Waals surface area contributed by atoms with Crippen LogP contribution in [0.5, 0.6) is 11.6 Å². The van der Waals surface area contributed by atoms with E-state index in [0.717, 1.165) is 27.5 Å². The van der Waals surface area contributed by atoms with E-state index < -0.39 is 6.10 Å². The van der Waals surface area contributed by atoms with Gasteiger partial charge in [-0.25, -0.2) is 4.98 Å². The van der Waals surface area contributed by atoms with E-state index in [9.17, 15) is 5.11 Å². The molecule has 1 atom stereocenters. The van der Waals surface area contributed by atoms with E-state index in [2.05, 4.69) is 18.8 Å². The fourth-order valence-electron chi connectivity index (χ4n) is 2.03. The van der Waals surface area contributed by atoms with E-state index in [0.29, 0.717) is 11.8 Å². The minimum absolute atomic E-state index is 0.325. The zero-order chi connectivity index (χ0) is 15.6. The first-order valence-electron chi connectivity index (χ1n) is 7.00. The fourth-order valence-corrected chi connectivity index (χ4v) is 2.47. The molecule has 3 nitrogen and oxygen atoms in total. The molecule has 0 bridgehead atoms. The third kappa shape index (κ3) is 3.74. The molecule has 0 aliphatic rings. The first kappa shape index (κ1) is 15.8. The number of hydrogen-bond acceptors (Lipinski definition) is 3. The van der Waals surface area contributed by atoms with Crippen LogP contribution in [0.25, 0.3) is 0 Å². The molecule has 0 fully saturated rings. The lowest BCUT2D eigenvalue weighted by molar-refractivity contribution is 0.198. The largest absolute Gasteiger partial charge is 0.439 e. The summed E-state index contributed by atoms with van der Waals surface area (Å²) in [4.78, 5) is 4.22. The van der Waals surface area contributed by atoms with Crippen LogP contribution in [-0.4, -0.2) is 10.1 Å². The molecule has 112 valence electrons. The van der Waals surface area contributed by atoms with Gasteiger partial charge in [0, 0.05) is 17.3 Å². The number of benzene rings is 1. The predicted molar refractivity (Wildman–Crippen MR) is 85.2 cm³/mol. The Hall–Kier alpha value is -1.58. The molecule has 0 saturated carbocycles. The van der Waals surface area contributed by atoms with Crippen molar-refractivity contribution in [1.82, 2.24) is 4.98 Å². The van der Waals surface area contributed by atoms with E-state index in [1.165, 1.54) is 0 Å². The maximum atomic E-state index is 9.48. The maximum absolute atomic E-state index is 9.48. The number of halogens is 1. The molecule has 2 aromatic rings. The van der Waals surface area contributed by atoms with Gasteiger partial charge in [-0.3, -0.25) is 0 Å². The Balaban J connectivity index is 2.28. The molecule has 0 radical (unpaired) electrons. The Bertz CT molecular complexity index is 621. The van der Waals surface area contributed by atoms with Gasteiger partial charge in [-0.1, -0.05) is 25.4 Å². The highest BCUT2D eigenvalue weighted by Crippen LogP contribution is 2.33. The number of hydrogen-bond donors (Lipinski definition) is 1. The highest BCUT2D eigenvalue weighted by Gasteiger charge is 2.11. The first-order chi connectivity index (χ1) is 9.88. The van der Waals surface area contributed by atoms with Crippen LogP contribution in [0, 0.1) is 6.92 Å². The number of nitrogens with zero attached hydrogens (tertiary/aromatic N) is 1. The van der Waals surface area contributed by atoms with E-state index in [1.807, 2.05) is 25.1 Å². The average Bonchev–Trinajstić information content (AvgIpc) is 2.42. The summed E-state index contributed by atoms with van der Waals surface area (Å²) in [5, 5.41) is 10.2. The molecule has 1 N–H and O–H groups in total. The van der Waals surface area contributed by atoms with Crippen LogP contribution >= 0.6 is 11.6 Å². The summed E-state index contributed by atoms with van der Waals surface area (Å²) in [7, 11) is 0. The summed E-state index contributed by atoms with van der Waals surface area (Å²) in [5.41, 5.74) is 2.78. The van der Waals surface area contributed by atoms with Crippen LogP contribution in [0.4, 0.5) is 0 Å². The summed E-state index contributed by atoms with van der Waals surface area (Å²) < 4.78 is 5.84. The van der Waals surface area contributed by atoms with Gasteiger partial charge in [-0.05, 0) is 54.7 Å². The number of aryl methyl sites for hydroxylation is 1.